The number of aromatic hydroxyl groups is 5. The fourth-order valence-electron chi connectivity index (χ4n) is 2.45. The van der Waals surface area contributed by atoms with Crippen LogP contribution in [0.3, 0.4) is 0 Å². The number of carboxylic acids is 1. The zero-order valence-electron chi connectivity index (χ0n) is 16.0. The Kier molecular flexibility index (Phi) is 6.43. The maximum absolute atomic E-state index is 12.2. The van der Waals surface area contributed by atoms with Crippen LogP contribution in [0.1, 0.15) is 13.8 Å². The van der Waals surface area contributed by atoms with Crippen molar-refractivity contribution in [3.05, 3.63) is 40.6 Å². The lowest BCUT2D eigenvalue weighted by Crippen LogP contribution is -2.34. The number of hydrogen-bond acceptors (Lipinski definition) is 9. The fourth-order valence-corrected chi connectivity index (χ4v) is 2.45. The van der Waals surface area contributed by atoms with Crippen LogP contribution in [-0.2, 0) is 4.79 Å². The summed E-state index contributed by atoms with van der Waals surface area (Å²) in [4.78, 5) is 22.2. The molecule has 8 N–H and O–H groups in total. The average Bonchev–Trinajstić information content (AvgIpc) is 2.64. The number of fused-ring (bicyclic) bond motifs is 1. The van der Waals surface area contributed by atoms with Crippen molar-refractivity contribution in [1.82, 2.24) is 0 Å². The molecule has 0 radical (unpaired) electrons. The third-order valence-electron chi connectivity index (χ3n) is 4.16. The summed E-state index contributed by atoms with van der Waals surface area (Å²) in [5.74, 6) is -3.57. The second kappa shape index (κ2) is 8.62. The molecule has 10 nitrogen and oxygen atoms in total. The van der Waals surface area contributed by atoms with Gasteiger partial charge in [-0.25, -0.2) is 0 Å². The molecule has 10 heteroatoms. The summed E-state index contributed by atoms with van der Waals surface area (Å²) in [5.41, 5.74) is 4.05. The summed E-state index contributed by atoms with van der Waals surface area (Å²) >= 11 is 0. The molecule has 30 heavy (non-hydrogen) atoms. The molecule has 0 aliphatic rings. The summed E-state index contributed by atoms with van der Waals surface area (Å²) in [6.07, 6.45) is 0. The summed E-state index contributed by atoms with van der Waals surface area (Å²) in [7, 11) is 0. The average molecular weight is 419 g/mol. The van der Waals surface area contributed by atoms with Gasteiger partial charge in [0.05, 0.1) is 5.56 Å². The van der Waals surface area contributed by atoms with Crippen molar-refractivity contribution in [1.29, 1.82) is 0 Å². The first kappa shape index (κ1) is 22.4. The van der Waals surface area contributed by atoms with E-state index in [0.717, 1.165) is 18.2 Å². The molecule has 0 spiro atoms. The number of phenols is 4. The lowest BCUT2D eigenvalue weighted by Gasteiger charge is -2.09. The molecule has 0 bridgehead atoms. The molecule has 0 amide bonds. The molecule has 160 valence electrons. The third kappa shape index (κ3) is 4.55. The summed E-state index contributed by atoms with van der Waals surface area (Å²) in [6, 6.07) is 4.82. The highest BCUT2D eigenvalue weighted by atomic mass is 16.4. The SMILES string of the molecule is CC(C)[C@H](N)C(=O)O.O=c1c(O)c(-c2ccc(O)cc2O)oc2cc(O)cc(O)c12. The van der Waals surface area contributed by atoms with E-state index in [0.29, 0.717) is 0 Å². The molecule has 1 aromatic heterocycles. The topological polar surface area (TPSA) is 195 Å². The van der Waals surface area contributed by atoms with Gasteiger partial charge < -0.3 is 40.8 Å². The minimum absolute atomic E-state index is 0.0208. The second-order valence-electron chi connectivity index (χ2n) is 6.76. The Balaban J connectivity index is 0.000000343. The lowest BCUT2D eigenvalue weighted by atomic mass is 10.1. The molecule has 0 unspecified atom stereocenters. The zero-order chi connectivity index (χ0) is 22.7. The smallest absolute Gasteiger partial charge is 0.320 e. The summed E-state index contributed by atoms with van der Waals surface area (Å²) in [6.45, 7) is 3.55. The van der Waals surface area contributed by atoms with Gasteiger partial charge in [0.15, 0.2) is 5.76 Å². The highest BCUT2D eigenvalue weighted by molar-refractivity contribution is 5.88. The molecule has 1 atom stereocenters. The van der Waals surface area contributed by atoms with Crippen LogP contribution in [0.2, 0.25) is 0 Å². The first-order valence-electron chi connectivity index (χ1n) is 8.66. The Morgan fingerprint density at radius 3 is 2.07 bits per heavy atom. The second-order valence-corrected chi connectivity index (χ2v) is 6.76. The minimum atomic E-state index is -0.931. The Bertz CT molecular complexity index is 1150. The van der Waals surface area contributed by atoms with Gasteiger partial charge in [-0.1, -0.05) is 13.8 Å². The van der Waals surface area contributed by atoms with Crippen LogP contribution >= 0.6 is 0 Å². The number of nitrogens with two attached hydrogens (primary N) is 1. The molecule has 1 heterocycles. The van der Waals surface area contributed by atoms with Crippen LogP contribution in [0.5, 0.6) is 28.7 Å². The molecule has 3 rings (SSSR count). The standard InChI is InChI=1S/C15H10O7.C5H11NO2/c16-6-1-2-8(9(18)3-6)15-14(21)13(20)12-10(19)4-7(17)5-11(12)22-15;1-3(2)4(6)5(7)8/h1-5,16-19,21H;3-4H,6H2,1-2H3,(H,7,8)/t;4-/m.0/s1. The highest BCUT2D eigenvalue weighted by Crippen LogP contribution is 2.39. The van der Waals surface area contributed by atoms with E-state index in [9.17, 15) is 35.1 Å². The quantitative estimate of drug-likeness (QED) is 0.330. The largest absolute Gasteiger partial charge is 0.508 e. The van der Waals surface area contributed by atoms with E-state index in [-0.39, 0.29) is 39.7 Å². The molecule has 0 saturated carbocycles. The Morgan fingerprint density at radius 1 is 0.967 bits per heavy atom. The number of benzene rings is 2. The number of carboxylic acid groups (broad SMARTS) is 1. The summed E-state index contributed by atoms with van der Waals surface area (Å²) in [5, 5.41) is 56.2. The molecule has 2 aromatic carbocycles. The molecular weight excluding hydrogens is 398 g/mol. The highest BCUT2D eigenvalue weighted by Gasteiger charge is 2.20. The fraction of sp³-hybridized carbons (Fsp3) is 0.200. The predicted octanol–water partition coefficient (Wildman–Crippen LogP) is 2.04. The maximum atomic E-state index is 12.2. The monoisotopic (exact) mass is 419 g/mol. The Labute approximate surface area is 169 Å². The van der Waals surface area contributed by atoms with E-state index in [2.05, 4.69) is 0 Å². The molecule has 0 saturated heterocycles. The van der Waals surface area contributed by atoms with Crippen LogP contribution in [-0.4, -0.2) is 42.7 Å². The molecule has 0 aliphatic carbocycles. The third-order valence-corrected chi connectivity index (χ3v) is 4.16. The van der Waals surface area contributed by atoms with E-state index in [1.165, 1.54) is 12.1 Å². The normalized spacial score (nSPS) is 11.7. The van der Waals surface area contributed by atoms with Crippen molar-refractivity contribution in [3.63, 3.8) is 0 Å². The van der Waals surface area contributed by atoms with Crippen LogP contribution < -0.4 is 11.2 Å². The van der Waals surface area contributed by atoms with E-state index in [4.69, 9.17) is 15.3 Å². The molecule has 0 aliphatic heterocycles. The van der Waals surface area contributed by atoms with Gasteiger partial charge in [-0.2, -0.15) is 0 Å². The molecular formula is C20H21NO9. The van der Waals surface area contributed by atoms with Crippen LogP contribution in [0.25, 0.3) is 22.3 Å². The van der Waals surface area contributed by atoms with Crippen molar-refractivity contribution >= 4 is 16.9 Å². The van der Waals surface area contributed by atoms with Crippen molar-refractivity contribution in [2.24, 2.45) is 11.7 Å². The first-order valence-corrected chi connectivity index (χ1v) is 8.66. The van der Waals surface area contributed by atoms with Gasteiger partial charge in [-0.05, 0) is 18.1 Å². The van der Waals surface area contributed by atoms with E-state index >= 15 is 0 Å². The van der Waals surface area contributed by atoms with E-state index in [1.807, 2.05) is 0 Å². The number of carbonyl (C=O) groups is 1. The summed E-state index contributed by atoms with van der Waals surface area (Å²) < 4.78 is 5.33. The van der Waals surface area contributed by atoms with E-state index in [1.54, 1.807) is 13.8 Å². The van der Waals surface area contributed by atoms with Crippen LogP contribution in [0.4, 0.5) is 0 Å². The number of phenolic OH excluding ortho intramolecular Hbond substituents is 4. The molecule has 0 fully saturated rings. The zero-order valence-corrected chi connectivity index (χ0v) is 16.0. The van der Waals surface area contributed by atoms with Gasteiger partial charge in [-0.3, -0.25) is 9.59 Å². The van der Waals surface area contributed by atoms with Crippen molar-refractivity contribution in [2.75, 3.05) is 0 Å². The van der Waals surface area contributed by atoms with Gasteiger partial charge in [0, 0.05) is 18.2 Å². The van der Waals surface area contributed by atoms with Crippen LogP contribution in [0.15, 0.2) is 39.5 Å². The van der Waals surface area contributed by atoms with Crippen molar-refractivity contribution in [3.8, 4) is 40.1 Å². The lowest BCUT2D eigenvalue weighted by molar-refractivity contribution is -0.139. The minimum Gasteiger partial charge on any atom is -0.508 e. The van der Waals surface area contributed by atoms with Gasteiger partial charge in [0.1, 0.15) is 40.0 Å². The number of aliphatic carboxylic acids is 1. The van der Waals surface area contributed by atoms with Gasteiger partial charge in [0.25, 0.3) is 0 Å². The van der Waals surface area contributed by atoms with Gasteiger partial charge in [0.2, 0.25) is 11.2 Å². The van der Waals surface area contributed by atoms with Crippen LogP contribution in [0, 0.1) is 5.92 Å². The van der Waals surface area contributed by atoms with E-state index < -0.39 is 34.7 Å². The Hall–Kier alpha value is -3.92. The number of hydrogen-bond donors (Lipinski definition) is 7. The van der Waals surface area contributed by atoms with Gasteiger partial charge in [-0.15, -0.1) is 0 Å². The first-order chi connectivity index (χ1) is 13.9. The number of rotatable bonds is 3. The predicted molar refractivity (Wildman–Crippen MR) is 107 cm³/mol. The van der Waals surface area contributed by atoms with Gasteiger partial charge >= 0.3 is 5.97 Å². The Morgan fingerprint density at radius 2 is 1.57 bits per heavy atom. The van der Waals surface area contributed by atoms with Crippen molar-refractivity contribution < 1.29 is 39.9 Å². The van der Waals surface area contributed by atoms with Crippen molar-refractivity contribution in [2.45, 2.75) is 19.9 Å². The maximum Gasteiger partial charge on any atom is 0.320 e. The molecule has 3 aromatic rings.